The Kier molecular flexibility index (Phi) is 5.11. The van der Waals surface area contributed by atoms with E-state index in [0.717, 1.165) is 0 Å². The van der Waals surface area contributed by atoms with Crippen LogP contribution in [-0.4, -0.2) is 17.3 Å². The smallest absolute Gasteiger partial charge is 0.272 e. The quantitative estimate of drug-likeness (QED) is 0.453. The largest absolute Gasteiger partial charge is 0.485 e. The highest BCUT2D eigenvalue weighted by molar-refractivity contribution is 5.97. The van der Waals surface area contributed by atoms with E-state index < -0.39 is 4.92 Å². The minimum atomic E-state index is -0.444. The van der Waals surface area contributed by atoms with Crippen molar-refractivity contribution in [3.8, 4) is 5.75 Å². The predicted octanol–water partition coefficient (Wildman–Crippen LogP) is 4.29. The fraction of sp³-hybridized carbons (Fsp3) is 0.278. The summed E-state index contributed by atoms with van der Waals surface area (Å²) >= 11 is 0. The molecule has 0 atom stereocenters. The SMILES string of the molecule is Cc1cc(OCC(=O)c2ccc(C(C)C)cc2)ccc1[N+](=O)[O-]. The molecule has 120 valence electrons. The Morgan fingerprint density at radius 1 is 1.17 bits per heavy atom. The van der Waals surface area contributed by atoms with Crippen LogP contribution in [-0.2, 0) is 0 Å². The molecule has 2 rings (SSSR count). The zero-order valence-electron chi connectivity index (χ0n) is 13.4. The number of hydrogen-bond acceptors (Lipinski definition) is 4. The van der Waals surface area contributed by atoms with Gasteiger partial charge in [-0.05, 0) is 30.5 Å². The van der Waals surface area contributed by atoms with Crippen LogP contribution in [0, 0.1) is 17.0 Å². The molecule has 5 heteroatoms. The van der Waals surface area contributed by atoms with E-state index in [2.05, 4.69) is 13.8 Å². The molecular weight excluding hydrogens is 294 g/mol. The molecule has 23 heavy (non-hydrogen) atoms. The molecule has 2 aromatic rings. The van der Waals surface area contributed by atoms with Crippen LogP contribution >= 0.6 is 0 Å². The van der Waals surface area contributed by atoms with E-state index in [1.165, 1.54) is 17.7 Å². The minimum absolute atomic E-state index is 0.0351. The average Bonchev–Trinajstić information content (AvgIpc) is 2.52. The molecule has 0 aliphatic heterocycles. The first-order valence-electron chi connectivity index (χ1n) is 7.39. The summed E-state index contributed by atoms with van der Waals surface area (Å²) in [5.74, 6) is 0.732. The molecule has 0 aliphatic rings. The molecule has 0 amide bonds. The van der Waals surface area contributed by atoms with Crippen LogP contribution in [0.1, 0.15) is 41.3 Å². The number of benzene rings is 2. The lowest BCUT2D eigenvalue weighted by Crippen LogP contribution is -2.11. The van der Waals surface area contributed by atoms with Gasteiger partial charge in [0.05, 0.1) is 4.92 Å². The number of ketones is 1. The summed E-state index contributed by atoms with van der Waals surface area (Å²) in [7, 11) is 0. The third kappa shape index (κ3) is 4.16. The second-order valence-electron chi connectivity index (χ2n) is 5.69. The summed E-state index contributed by atoms with van der Waals surface area (Å²) < 4.78 is 5.44. The zero-order valence-corrected chi connectivity index (χ0v) is 13.4. The Bertz CT molecular complexity index is 720. The van der Waals surface area contributed by atoms with Crippen molar-refractivity contribution >= 4 is 11.5 Å². The summed E-state index contributed by atoms with van der Waals surface area (Å²) in [5.41, 5.74) is 2.30. The maximum atomic E-state index is 12.1. The topological polar surface area (TPSA) is 69.4 Å². The number of hydrogen-bond donors (Lipinski definition) is 0. The Morgan fingerprint density at radius 3 is 2.35 bits per heavy atom. The van der Waals surface area contributed by atoms with E-state index in [-0.39, 0.29) is 18.1 Å². The lowest BCUT2D eigenvalue weighted by Gasteiger charge is -2.08. The number of rotatable bonds is 6. The molecule has 0 N–H and O–H groups in total. The maximum absolute atomic E-state index is 12.1. The van der Waals surface area contributed by atoms with Crippen molar-refractivity contribution in [2.75, 3.05) is 6.61 Å². The normalized spacial score (nSPS) is 10.6. The number of ether oxygens (including phenoxy) is 1. The Morgan fingerprint density at radius 2 is 1.83 bits per heavy atom. The third-order valence-corrected chi connectivity index (χ3v) is 3.63. The molecule has 5 nitrogen and oxygen atoms in total. The lowest BCUT2D eigenvalue weighted by atomic mass is 10.0. The molecule has 0 saturated heterocycles. The van der Waals surface area contributed by atoms with E-state index in [9.17, 15) is 14.9 Å². The van der Waals surface area contributed by atoms with Gasteiger partial charge in [0.1, 0.15) is 5.75 Å². The number of nitro groups is 1. The number of aryl methyl sites for hydroxylation is 1. The van der Waals surface area contributed by atoms with Gasteiger partial charge in [-0.1, -0.05) is 38.1 Å². The molecule has 0 spiro atoms. The van der Waals surface area contributed by atoms with Gasteiger partial charge >= 0.3 is 0 Å². The van der Waals surface area contributed by atoms with E-state index >= 15 is 0 Å². The molecule has 0 aliphatic carbocycles. The van der Waals surface area contributed by atoms with E-state index in [0.29, 0.717) is 22.8 Å². The monoisotopic (exact) mass is 313 g/mol. The van der Waals surface area contributed by atoms with Gasteiger partial charge in [-0.25, -0.2) is 0 Å². The van der Waals surface area contributed by atoms with Gasteiger partial charge in [0.2, 0.25) is 0 Å². The molecule has 0 unspecified atom stereocenters. The molecule has 2 aromatic carbocycles. The van der Waals surface area contributed by atoms with Crippen LogP contribution in [0.5, 0.6) is 5.75 Å². The van der Waals surface area contributed by atoms with Crippen molar-refractivity contribution in [1.82, 2.24) is 0 Å². The first-order valence-corrected chi connectivity index (χ1v) is 7.39. The van der Waals surface area contributed by atoms with Crippen molar-refractivity contribution in [1.29, 1.82) is 0 Å². The van der Waals surface area contributed by atoms with Gasteiger partial charge in [0.15, 0.2) is 12.4 Å². The third-order valence-electron chi connectivity index (χ3n) is 3.63. The summed E-state index contributed by atoms with van der Waals surface area (Å²) in [6.45, 7) is 5.73. The van der Waals surface area contributed by atoms with Crippen molar-refractivity contribution in [2.24, 2.45) is 0 Å². The van der Waals surface area contributed by atoms with E-state index in [1.807, 2.05) is 12.1 Å². The van der Waals surface area contributed by atoms with Gasteiger partial charge in [-0.2, -0.15) is 0 Å². The van der Waals surface area contributed by atoms with Gasteiger partial charge in [-0.15, -0.1) is 0 Å². The first-order chi connectivity index (χ1) is 10.9. The highest BCUT2D eigenvalue weighted by atomic mass is 16.6. The minimum Gasteiger partial charge on any atom is -0.485 e. The summed E-state index contributed by atoms with van der Waals surface area (Å²) in [5, 5.41) is 10.8. The number of nitrogens with zero attached hydrogens (tertiary/aromatic N) is 1. The van der Waals surface area contributed by atoms with Crippen LogP contribution < -0.4 is 4.74 Å². The number of carbonyl (C=O) groups is 1. The number of carbonyl (C=O) groups excluding carboxylic acids is 1. The van der Waals surface area contributed by atoms with Crippen molar-refractivity contribution in [3.05, 3.63) is 69.3 Å². The highest BCUT2D eigenvalue weighted by Crippen LogP contribution is 2.23. The highest BCUT2D eigenvalue weighted by Gasteiger charge is 2.12. The van der Waals surface area contributed by atoms with Crippen molar-refractivity contribution in [2.45, 2.75) is 26.7 Å². The average molecular weight is 313 g/mol. The van der Waals surface area contributed by atoms with Gasteiger partial charge in [0.25, 0.3) is 5.69 Å². The van der Waals surface area contributed by atoms with Crippen LogP contribution in [0.2, 0.25) is 0 Å². The molecule has 0 fully saturated rings. The van der Waals surface area contributed by atoms with Crippen molar-refractivity contribution in [3.63, 3.8) is 0 Å². The Balaban J connectivity index is 2.01. The van der Waals surface area contributed by atoms with Crippen LogP contribution in [0.15, 0.2) is 42.5 Å². The predicted molar refractivity (Wildman–Crippen MR) is 88.2 cm³/mol. The van der Waals surface area contributed by atoms with Gasteiger partial charge in [-0.3, -0.25) is 14.9 Å². The molecule has 0 aromatic heterocycles. The summed E-state index contributed by atoms with van der Waals surface area (Å²) in [6, 6.07) is 11.9. The van der Waals surface area contributed by atoms with Crippen LogP contribution in [0.25, 0.3) is 0 Å². The fourth-order valence-corrected chi connectivity index (χ4v) is 2.21. The van der Waals surface area contributed by atoms with Crippen LogP contribution in [0.4, 0.5) is 5.69 Å². The maximum Gasteiger partial charge on any atom is 0.272 e. The Labute approximate surface area is 135 Å². The fourth-order valence-electron chi connectivity index (χ4n) is 2.21. The molecular formula is C18H19NO4. The molecule has 0 heterocycles. The summed E-state index contributed by atoms with van der Waals surface area (Å²) in [6.07, 6.45) is 0. The second-order valence-corrected chi connectivity index (χ2v) is 5.69. The molecule has 0 saturated carbocycles. The van der Waals surface area contributed by atoms with E-state index in [1.54, 1.807) is 25.1 Å². The van der Waals surface area contributed by atoms with Crippen molar-refractivity contribution < 1.29 is 14.5 Å². The second kappa shape index (κ2) is 7.05. The van der Waals surface area contributed by atoms with Gasteiger partial charge in [0, 0.05) is 17.2 Å². The molecule has 0 radical (unpaired) electrons. The number of Topliss-reactive ketones (excluding diaryl/α,β-unsaturated/α-hetero) is 1. The Hall–Kier alpha value is -2.69. The number of nitro benzene ring substituents is 1. The van der Waals surface area contributed by atoms with E-state index in [4.69, 9.17) is 4.74 Å². The lowest BCUT2D eigenvalue weighted by molar-refractivity contribution is -0.385. The summed E-state index contributed by atoms with van der Waals surface area (Å²) in [4.78, 5) is 22.5. The first kappa shape index (κ1) is 16.7. The van der Waals surface area contributed by atoms with Crippen LogP contribution in [0.3, 0.4) is 0 Å². The molecule has 0 bridgehead atoms. The van der Waals surface area contributed by atoms with Gasteiger partial charge < -0.3 is 4.74 Å². The standard InChI is InChI=1S/C18H19NO4/c1-12(2)14-4-6-15(7-5-14)18(20)11-23-16-8-9-17(19(21)22)13(3)10-16/h4-10,12H,11H2,1-3H3. The zero-order chi connectivity index (χ0) is 17.0.